The zero-order valence-corrected chi connectivity index (χ0v) is 11.1. The van der Waals surface area contributed by atoms with Gasteiger partial charge in [-0.25, -0.2) is 0 Å². The first kappa shape index (κ1) is 13.3. The van der Waals surface area contributed by atoms with Crippen LogP contribution < -0.4 is 5.32 Å². The van der Waals surface area contributed by atoms with Gasteiger partial charge in [0.25, 0.3) is 0 Å². The lowest BCUT2D eigenvalue weighted by Crippen LogP contribution is -2.48. The second kappa shape index (κ2) is 5.69. The van der Waals surface area contributed by atoms with Crippen LogP contribution in [0, 0.1) is 11.8 Å². The highest BCUT2D eigenvalue weighted by Crippen LogP contribution is 2.17. The van der Waals surface area contributed by atoms with Gasteiger partial charge in [0.2, 0.25) is 11.8 Å². The third-order valence-corrected chi connectivity index (χ3v) is 3.67. The number of carbonyl (C=O) groups is 2. The molecule has 2 aliphatic rings. The quantitative estimate of drug-likeness (QED) is 0.793. The Morgan fingerprint density at radius 2 is 2.22 bits per heavy atom. The zero-order chi connectivity index (χ0) is 13.1. The van der Waals surface area contributed by atoms with Crippen LogP contribution in [0.25, 0.3) is 0 Å². The van der Waals surface area contributed by atoms with Crippen LogP contribution in [-0.4, -0.2) is 49.1 Å². The molecule has 2 aliphatic heterocycles. The molecule has 0 bridgehead atoms. The van der Waals surface area contributed by atoms with E-state index in [1.165, 1.54) is 0 Å². The summed E-state index contributed by atoms with van der Waals surface area (Å²) in [5.74, 6) is 0.590. The van der Waals surface area contributed by atoms with E-state index in [0.29, 0.717) is 18.9 Å². The minimum absolute atomic E-state index is 0.0211. The van der Waals surface area contributed by atoms with Gasteiger partial charge in [-0.1, -0.05) is 13.8 Å². The van der Waals surface area contributed by atoms with Crippen LogP contribution in [-0.2, 0) is 14.3 Å². The average Bonchev–Trinajstić information content (AvgIpc) is 2.78. The average molecular weight is 254 g/mol. The normalized spacial score (nSPS) is 29.6. The van der Waals surface area contributed by atoms with E-state index in [1.54, 1.807) is 0 Å². The number of rotatable bonds is 3. The molecule has 102 valence electrons. The van der Waals surface area contributed by atoms with Gasteiger partial charge in [-0.3, -0.25) is 9.59 Å². The van der Waals surface area contributed by atoms with Crippen molar-refractivity contribution in [2.75, 3.05) is 26.3 Å². The maximum Gasteiger partial charge on any atom is 0.245 e. The number of hydrogen-bond donors (Lipinski definition) is 1. The summed E-state index contributed by atoms with van der Waals surface area (Å²) in [5.41, 5.74) is 0. The van der Waals surface area contributed by atoms with E-state index >= 15 is 0 Å². The Kier molecular flexibility index (Phi) is 4.22. The highest BCUT2D eigenvalue weighted by Gasteiger charge is 2.33. The Morgan fingerprint density at radius 1 is 1.44 bits per heavy atom. The fourth-order valence-corrected chi connectivity index (χ4v) is 2.52. The molecule has 2 amide bonds. The first-order valence-electron chi connectivity index (χ1n) is 6.74. The van der Waals surface area contributed by atoms with Crippen LogP contribution in [0.1, 0.15) is 26.7 Å². The van der Waals surface area contributed by atoms with Gasteiger partial charge in [0.05, 0.1) is 6.61 Å². The van der Waals surface area contributed by atoms with Crippen molar-refractivity contribution < 1.29 is 14.3 Å². The molecule has 0 spiro atoms. The maximum absolute atomic E-state index is 12.4. The number of hydrogen-bond acceptors (Lipinski definition) is 3. The molecule has 18 heavy (non-hydrogen) atoms. The van der Waals surface area contributed by atoms with E-state index < -0.39 is 0 Å². The molecule has 2 saturated heterocycles. The van der Waals surface area contributed by atoms with E-state index in [4.69, 9.17) is 4.74 Å². The van der Waals surface area contributed by atoms with Gasteiger partial charge >= 0.3 is 0 Å². The topological polar surface area (TPSA) is 58.6 Å². The number of nitrogens with zero attached hydrogens (tertiary/aromatic N) is 1. The summed E-state index contributed by atoms with van der Waals surface area (Å²) in [7, 11) is 0. The Balaban J connectivity index is 2.03. The fourth-order valence-electron chi connectivity index (χ4n) is 2.52. The van der Waals surface area contributed by atoms with Gasteiger partial charge in [0.15, 0.2) is 0 Å². The highest BCUT2D eigenvalue weighted by molar-refractivity contribution is 5.90. The predicted molar refractivity (Wildman–Crippen MR) is 66.9 cm³/mol. The first-order chi connectivity index (χ1) is 8.58. The van der Waals surface area contributed by atoms with E-state index in [2.05, 4.69) is 5.32 Å². The second-order valence-corrected chi connectivity index (χ2v) is 5.55. The van der Waals surface area contributed by atoms with Crippen molar-refractivity contribution in [1.82, 2.24) is 10.2 Å². The molecule has 0 aromatic rings. The second-order valence-electron chi connectivity index (χ2n) is 5.55. The number of carbonyl (C=O) groups excluding carboxylic acids is 2. The molecule has 2 rings (SSSR count). The molecule has 0 aromatic heterocycles. The molecule has 0 aliphatic carbocycles. The first-order valence-corrected chi connectivity index (χ1v) is 6.74. The van der Waals surface area contributed by atoms with E-state index in [0.717, 1.165) is 26.2 Å². The monoisotopic (exact) mass is 254 g/mol. The SMILES string of the molecule is CC(C)C1NC(=O)CCN(CC2CCOC2)C1=O. The molecule has 2 atom stereocenters. The van der Waals surface area contributed by atoms with Gasteiger partial charge in [0, 0.05) is 32.0 Å². The fraction of sp³-hybridized carbons (Fsp3) is 0.846. The molecule has 1 N–H and O–H groups in total. The van der Waals surface area contributed by atoms with Crippen molar-refractivity contribution in [3.63, 3.8) is 0 Å². The third-order valence-electron chi connectivity index (χ3n) is 3.67. The Bertz CT molecular complexity index is 324. The summed E-state index contributed by atoms with van der Waals surface area (Å²) in [6, 6.07) is -0.373. The van der Waals surface area contributed by atoms with Crippen LogP contribution >= 0.6 is 0 Å². The Labute approximate surface area is 108 Å². The van der Waals surface area contributed by atoms with Gasteiger partial charge in [-0.05, 0) is 12.3 Å². The molecule has 0 saturated carbocycles. The lowest BCUT2D eigenvalue weighted by molar-refractivity contribution is -0.135. The summed E-state index contributed by atoms with van der Waals surface area (Å²) in [4.78, 5) is 25.8. The van der Waals surface area contributed by atoms with Crippen molar-refractivity contribution in [3.05, 3.63) is 0 Å². The van der Waals surface area contributed by atoms with Crippen molar-refractivity contribution in [1.29, 1.82) is 0 Å². The summed E-state index contributed by atoms with van der Waals surface area (Å²) < 4.78 is 5.34. The standard InChI is InChI=1S/C13H22N2O3/c1-9(2)12-13(17)15(5-3-11(16)14-12)7-10-4-6-18-8-10/h9-10,12H,3-8H2,1-2H3,(H,14,16). The minimum atomic E-state index is -0.373. The minimum Gasteiger partial charge on any atom is -0.381 e. The molecule has 0 aromatic carbocycles. The van der Waals surface area contributed by atoms with Crippen molar-refractivity contribution in [3.8, 4) is 0 Å². The van der Waals surface area contributed by atoms with E-state index in [9.17, 15) is 9.59 Å². The molecule has 2 unspecified atom stereocenters. The van der Waals surface area contributed by atoms with Gasteiger partial charge in [-0.15, -0.1) is 0 Å². The van der Waals surface area contributed by atoms with Crippen LogP contribution in [0.3, 0.4) is 0 Å². The Hall–Kier alpha value is -1.10. The molecule has 5 heteroatoms. The molecule has 5 nitrogen and oxygen atoms in total. The summed E-state index contributed by atoms with van der Waals surface area (Å²) in [5, 5.41) is 2.82. The van der Waals surface area contributed by atoms with Gasteiger partial charge in [-0.2, -0.15) is 0 Å². The van der Waals surface area contributed by atoms with Crippen LogP contribution in [0.5, 0.6) is 0 Å². The predicted octanol–water partition coefficient (Wildman–Crippen LogP) is 0.396. The largest absolute Gasteiger partial charge is 0.381 e. The number of amides is 2. The Morgan fingerprint density at radius 3 is 2.83 bits per heavy atom. The van der Waals surface area contributed by atoms with E-state index in [-0.39, 0.29) is 23.8 Å². The molecule has 2 fully saturated rings. The summed E-state index contributed by atoms with van der Waals surface area (Å²) in [6.45, 7) is 6.70. The zero-order valence-electron chi connectivity index (χ0n) is 11.1. The smallest absolute Gasteiger partial charge is 0.245 e. The summed E-state index contributed by atoms with van der Waals surface area (Å²) in [6.07, 6.45) is 1.42. The highest BCUT2D eigenvalue weighted by atomic mass is 16.5. The van der Waals surface area contributed by atoms with Crippen molar-refractivity contribution in [2.24, 2.45) is 11.8 Å². The maximum atomic E-state index is 12.4. The molecular weight excluding hydrogens is 232 g/mol. The lowest BCUT2D eigenvalue weighted by atomic mass is 10.0. The van der Waals surface area contributed by atoms with Crippen molar-refractivity contribution >= 4 is 11.8 Å². The summed E-state index contributed by atoms with van der Waals surface area (Å²) >= 11 is 0. The van der Waals surface area contributed by atoms with Gasteiger partial charge < -0.3 is 15.0 Å². The van der Waals surface area contributed by atoms with E-state index in [1.807, 2.05) is 18.7 Å². The van der Waals surface area contributed by atoms with Crippen LogP contribution in [0.2, 0.25) is 0 Å². The van der Waals surface area contributed by atoms with Crippen LogP contribution in [0.4, 0.5) is 0 Å². The molecular formula is C13H22N2O3. The molecule has 2 heterocycles. The number of ether oxygens (including phenoxy) is 1. The molecule has 0 radical (unpaired) electrons. The van der Waals surface area contributed by atoms with Crippen molar-refractivity contribution in [2.45, 2.75) is 32.7 Å². The van der Waals surface area contributed by atoms with Gasteiger partial charge in [0.1, 0.15) is 6.04 Å². The third kappa shape index (κ3) is 3.02. The number of nitrogens with one attached hydrogen (secondary N) is 1. The van der Waals surface area contributed by atoms with Crippen LogP contribution in [0.15, 0.2) is 0 Å². The lowest BCUT2D eigenvalue weighted by Gasteiger charge is -2.27.